The molecule has 1 amide bonds. The van der Waals surface area contributed by atoms with Crippen LogP contribution in [0.2, 0.25) is 0 Å². The van der Waals surface area contributed by atoms with Crippen molar-refractivity contribution in [3.63, 3.8) is 0 Å². The molecule has 2 aromatic carbocycles. The van der Waals surface area contributed by atoms with Crippen molar-refractivity contribution >= 4 is 21.8 Å². The van der Waals surface area contributed by atoms with Crippen molar-refractivity contribution < 1.29 is 14.3 Å². The molecule has 1 N–H and O–H groups in total. The molecule has 0 saturated carbocycles. The van der Waals surface area contributed by atoms with Gasteiger partial charge >= 0.3 is 0 Å². The van der Waals surface area contributed by atoms with Crippen LogP contribution in [0.3, 0.4) is 0 Å². The average Bonchev–Trinajstić information content (AvgIpc) is 2.64. The molecule has 4 nitrogen and oxygen atoms in total. The number of aliphatic hydroxyl groups excluding tert-OH is 1. The van der Waals surface area contributed by atoms with Gasteiger partial charge in [-0.3, -0.25) is 9.69 Å². The summed E-state index contributed by atoms with van der Waals surface area (Å²) in [5.41, 5.74) is 1.54. The number of carbonyl (C=O) groups excluding carboxylic acids is 1. The minimum atomic E-state index is -0.324. The Morgan fingerprint density at radius 3 is 2.58 bits per heavy atom. The Labute approximate surface area is 162 Å². The Morgan fingerprint density at radius 2 is 1.92 bits per heavy atom. The second-order valence-electron chi connectivity index (χ2n) is 6.26. The average molecular weight is 423 g/mol. The van der Waals surface area contributed by atoms with Crippen molar-refractivity contribution in [2.24, 2.45) is 0 Å². The van der Waals surface area contributed by atoms with Gasteiger partial charge in [0, 0.05) is 30.2 Å². The number of amides is 1. The highest BCUT2D eigenvalue weighted by atomic mass is 79.9. The molecule has 0 aromatic heterocycles. The van der Waals surface area contributed by atoms with Gasteiger partial charge in [-0.25, -0.2) is 4.39 Å². The molecule has 140 valence electrons. The van der Waals surface area contributed by atoms with Gasteiger partial charge in [0.05, 0.1) is 19.2 Å². The maximum Gasteiger partial charge on any atom is 0.237 e. The first-order chi connectivity index (χ1) is 12.4. The van der Waals surface area contributed by atoms with E-state index in [4.69, 9.17) is 0 Å². The number of likely N-dealkylation sites (N-methyl/N-ethyl adjacent to an activating group) is 1. The van der Waals surface area contributed by atoms with Crippen molar-refractivity contribution in [2.75, 3.05) is 26.7 Å². The Kier molecular flexibility index (Phi) is 7.75. The van der Waals surface area contributed by atoms with Crippen molar-refractivity contribution in [3.05, 3.63) is 69.9 Å². The number of halogens is 2. The van der Waals surface area contributed by atoms with E-state index in [0.29, 0.717) is 12.1 Å². The fourth-order valence-corrected chi connectivity index (χ4v) is 3.14. The molecule has 2 rings (SSSR count). The van der Waals surface area contributed by atoms with Crippen LogP contribution in [0.15, 0.2) is 53.0 Å². The standard InChI is InChI=1S/C20H24BrFN2O2/c1-15(16-6-4-3-5-7-16)23(2)20(26)14-24(10-11-25)13-17-12-18(21)8-9-19(17)22/h3-9,12,15,25H,10-11,13-14H2,1-2H3. The lowest BCUT2D eigenvalue weighted by Crippen LogP contribution is -2.40. The van der Waals surface area contributed by atoms with Gasteiger partial charge in [-0.2, -0.15) is 0 Å². The van der Waals surface area contributed by atoms with Crippen molar-refractivity contribution in [1.82, 2.24) is 9.80 Å². The van der Waals surface area contributed by atoms with E-state index in [0.717, 1.165) is 10.0 Å². The van der Waals surface area contributed by atoms with Crippen LogP contribution in [0, 0.1) is 5.82 Å². The second-order valence-corrected chi connectivity index (χ2v) is 7.18. The molecule has 0 spiro atoms. The summed E-state index contributed by atoms with van der Waals surface area (Å²) in [5, 5.41) is 9.31. The Balaban J connectivity index is 2.06. The maximum atomic E-state index is 14.0. The third-order valence-corrected chi connectivity index (χ3v) is 4.93. The van der Waals surface area contributed by atoms with Crippen LogP contribution in [0.1, 0.15) is 24.1 Å². The third kappa shape index (κ3) is 5.62. The van der Waals surface area contributed by atoms with E-state index < -0.39 is 0 Å². The molecule has 0 fully saturated rings. The zero-order valence-corrected chi connectivity index (χ0v) is 16.6. The van der Waals surface area contributed by atoms with Crippen molar-refractivity contribution in [1.29, 1.82) is 0 Å². The molecule has 0 aliphatic heterocycles. The van der Waals surface area contributed by atoms with Crippen LogP contribution in [-0.4, -0.2) is 47.6 Å². The lowest BCUT2D eigenvalue weighted by atomic mass is 10.1. The van der Waals surface area contributed by atoms with Gasteiger partial charge in [-0.15, -0.1) is 0 Å². The number of rotatable bonds is 8. The topological polar surface area (TPSA) is 43.8 Å². The minimum Gasteiger partial charge on any atom is -0.395 e. The van der Waals surface area contributed by atoms with Gasteiger partial charge in [0.2, 0.25) is 5.91 Å². The molecule has 0 aliphatic rings. The summed E-state index contributed by atoms with van der Waals surface area (Å²) in [4.78, 5) is 16.1. The molecule has 1 unspecified atom stereocenters. The van der Waals surface area contributed by atoms with Crippen LogP contribution >= 0.6 is 15.9 Å². The Hall–Kier alpha value is -1.76. The predicted molar refractivity (Wildman–Crippen MR) is 104 cm³/mol. The molecular weight excluding hydrogens is 399 g/mol. The fraction of sp³-hybridized carbons (Fsp3) is 0.350. The molecule has 0 radical (unpaired) electrons. The van der Waals surface area contributed by atoms with E-state index in [9.17, 15) is 14.3 Å². The van der Waals surface area contributed by atoms with Crippen LogP contribution in [-0.2, 0) is 11.3 Å². The van der Waals surface area contributed by atoms with E-state index in [1.807, 2.05) is 37.3 Å². The Bertz CT molecular complexity index is 727. The third-order valence-electron chi connectivity index (χ3n) is 4.43. The first-order valence-electron chi connectivity index (χ1n) is 8.50. The second kappa shape index (κ2) is 9.80. The number of benzene rings is 2. The number of hydrogen-bond donors (Lipinski definition) is 1. The van der Waals surface area contributed by atoms with Crippen molar-refractivity contribution in [2.45, 2.75) is 19.5 Å². The maximum absolute atomic E-state index is 14.0. The van der Waals surface area contributed by atoms with Crippen LogP contribution in [0.4, 0.5) is 4.39 Å². The summed E-state index contributed by atoms with van der Waals surface area (Å²) in [6.45, 7) is 2.54. The molecule has 0 bridgehead atoms. The summed E-state index contributed by atoms with van der Waals surface area (Å²) >= 11 is 3.33. The molecule has 26 heavy (non-hydrogen) atoms. The van der Waals surface area contributed by atoms with Gasteiger partial charge in [0.1, 0.15) is 5.82 Å². The lowest BCUT2D eigenvalue weighted by Gasteiger charge is -2.29. The SMILES string of the molecule is CC(c1ccccc1)N(C)C(=O)CN(CCO)Cc1cc(Br)ccc1F. The summed E-state index contributed by atoms with van der Waals surface area (Å²) < 4.78 is 14.8. The highest BCUT2D eigenvalue weighted by Gasteiger charge is 2.20. The van der Waals surface area contributed by atoms with Gasteiger partial charge in [-0.05, 0) is 30.7 Å². The predicted octanol–water partition coefficient (Wildman–Crippen LogP) is 3.60. The molecule has 0 saturated heterocycles. The number of carbonyl (C=O) groups is 1. The normalized spacial score (nSPS) is 12.2. The van der Waals surface area contributed by atoms with Crippen molar-refractivity contribution in [3.8, 4) is 0 Å². The van der Waals surface area contributed by atoms with Gasteiger partial charge < -0.3 is 10.0 Å². The number of hydrogen-bond acceptors (Lipinski definition) is 3. The molecule has 0 aliphatic carbocycles. The lowest BCUT2D eigenvalue weighted by molar-refractivity contribution is -0.133. The van der Waals surface area contributed by atoms with E-state index in [1.54, 1.807) is 29.0 Å². The van der Waals surface area contributed by atoms with E-state index in [-0.39, 0.29) is 37.5 Å². The first-order valence-corrected chi connectivity index (χ1v) is 9.29. The minimum absolute atomic E-state index is 0.0673. The summed E-state index contributed by atoms with van der Waals surface area (Å²) in [5.74, 6) is -0.403. The van der Waals surface area contributed by atoms with Crippen LogP contribution in [0.5, 0.6) is 0 Å². The van der Waals surface area contributed by atoms with Crippen LogP contribution < -0.4 is 0 Å². The van der Waals surface area contributed by atoms with Crippen LogP contribution in [0.25, 0.3) is 0 Å². The van der Waals surface area contributed by atoms with E-state index in [1.165, 1.54) is 6.07 Å². The molecular formula is C20H24BrFN2O2. The monoisotopic (exact) mass is 422 g/mol. The summed E-state index contributed by atoms with van der Waals surface area (Å²) in [7, 11) is 1.76. The number of aliphatic hydroxyl groups is 1. The smallest absolute Gasteiger partial charge is 0.237 e. The molecule has 6 heteroatoms. The number of nitrogens with zero attached hydrogens (tertiary/aromatic N) is 2. The highest BCUT2D eigenvalue weighted by Crippen LogP contribution is 2.20. The van der Waals surface area contributed by atoms with E-state index in [2.05, 4.69) is 15.9 Å². The van der Waals surface area contributed by atoms with E-state index >= 15 is 0 Å². The van der Waals surface area contributed by atoms with Gasteiger partial charge in [-0.1, -0.05) is 46.3 Å². The summed E-state index contributed by atoms with van der Waals surface area (Å²) in [6.07, 6.45) is 0. The molecule has 0 heterocycles. The summed E-state index contributed by atoms with van der Waals surface area (Å²) in [6, 6.07) is 14.4. The zero-order valence-electron chi connectivity index (χ0n) is 15.0. The molecule has 2 aromatic rings. The zero-order chi connectivity index (χ0) is 19.1. The van der Waals surface area contributed by atoms with Gasteiger partial charge in [0.15, 0.2) is 0 Å². The molecule has 1 atom stereocenters. The largest absolute Gasteiger partial charge is 0.395 e. The first kappa shape index (κ1) is 20.6. The quantitative estimate of drug-likeness (QED) is 0.706. The van der Waals surface area contributed by atoms with Gasteiger partial charge in [0.25, 0.3) is 0 Å². The highest BCUT2D eigenvalue weighted by molar-refractivity contribution is 9.10. The Morgan fingerprint density at radius 1 is 1.23 bits per heavy atom. The fourth-order valence-electron chi connectivity index (χ4n) is 2.73.